The minimum Gasteiger partial charge on any atom is -0.341 e. The molecular formula is C16H16N4. The van der Waals surface area contributed by atoms with Crippen molar-refractivity contribution in [2.45, 2.75) is 19.8 Å². The molecule has 1 aliphatic heterocycles. The number of hydrogen-bond donors (Lipinski definition) is 0. The average molecular weight is 264 g/mol. The van der Waals surface area contributed by atoms with Crippen molar-refractivity contribution < 1.29 is 0 Å². The smallest absolute Gasteiger partial charge is 0.227 e. The second kappa shape index (κ2) is 5.30. The van der Waals surface area contributed by atoms with Crippen molar-refractivity contribution in [2.24, 2.45) is 0 Å². The normalized spacial score (nSPS) is 14.3. The third-order valence-electron chi connectivity index (χ3n) is 3.57. The molecule has 0 saturated carbocycles. The molecule has 100 valence electrons. The van der Waals surface area contributed by atoms with Gasteiger partial charge in [0.25, 0.3) is 0 Å². The van der Waals surface area contributed by atoms with Crippen LogP contribution in [0.5, 0.6) is 0 Å². The van der Waals surface area contributed by atoms with Crippen molar-refractivity contribution in [3.63, 3.8) is 0 Å². The minimum atomic E-state index is 0.428. The molecule has 0 radical (unpaired) electrons. The molecule has 20 heavy (non-hydrogen) atoms. The van der Waals surface area contributed by atoms with E-state index in [1.165, 1.54) is 18.4 Å². The lowest BCUT2D eigenvalue weighted by Crippen LogP contribution is -2.21. The van der Waals surface area contributed by atoms with Gasteiger partial charge in [-0.15, -0.1) is 0 Å². The zero-order chi connectivity index (χ0) is 13.9. The van der Waals surface area contributed by atoms with Gasteiger partial charge in [-0.2, -0.15) is 5.26 Å². The third kappa shape index (κ3) is 2.48. The molecule has 1 fully saturated rings. The topological polar surface area (TPSA) is 52.8 Å². The Labute approximate surface area is 118 Å². The number of aromatic nitrogens is 2. The van der Waals surface area contributed by atoms with Crippen molar-refractivity contribution in [3.8, 4) is 17.3 Å². The molecule has 3 rings (SSSR count). The molecule has 2 heterocycles. The summed E-state index contributed by atoms with van der Waals surface area (Å²) in [4.78, 5) is 11.1. The zero-order valence-corrected chi connectivity index (χ0v) is 11.5. The minimum absolute atomic E-state index is 0.428. The summed E-state index contributed by atoms with van der Waals surface area (Å²) in [5, 5.41) is 9.16. The highest BCUT2D eigenvalue weighted by atomic mass is 15.3. The molecule has 0 bridgehead atoms. The first-order chi connectivity index (χ1) is 9.76. The van der Waals surface area contributed by atoms with Crippen LogP contribution in [0.25, 0.3) is 11.3 Å². The number of aryl methyl sites for hydroxylation is 1. The van der Waals surface area contributed by atoms with Gasteiger partial charge in [-0.05, 0) is 19.8 Å². The molecule has 0 atom stereocenters. The zero-order valence-electron chi connectivity index (χ0n) is 11.5. The van der Waals surface area contributed by atoms with E-state index in [0.29, 0.717) is 11.6 Å². The predicted octanol–water partition coefficient (Wildman–Crippen LogP) is 2.92. The fourth-order valence-electron chi connectivity index (χ4n) is 2.42. The predicted molar refractivity (Wildman–Crippen MR) is 78.4 cm³/mol. The molecule has 1 aromatic carbocycles. The molecule has 0 unspecified atom stereocenters. The number of rotatable bonds is 2. The van der Waals surface area contributed by atoms with E-state index in [2.05, 4.69) is 40.0 Å². The fraction of sp³-hybridized carbons (Fsp3) is 0.312. The van der Waals surface area contributed by atoms with Gasteiger partial charge in [0, 0.05) is 24.7 Å². The monoisotopic (exact) mass is 264 g/mol. The van der Waals surface area contributed by atoms with Crippen molar-refractivity contribution in [1.82, 2.24) is 9.97 Å². The van der Waals surface area contributed by atoms with Gasteiger partial charge in [-0.25, -0.2) is 9.97 Å². The Morgan fingerprint density at radius 3 is 2.45 bits per heavy atom. The van der Waals surface area contributed by atoms with Gasteiger partial charge in [-0.3, -0.25) is 0 Å². The summed E-state index contributed by atoms with van der Waals surface area (Å²) < 4.78 is 0. The maximum Gasteiger partial charge on any atom is 0.227 e. The lowest BCUT2D eigenvalue weighted by molar-refractivity contribution is 0.896. The lowest BCUT2D eigenvalue weighted by Gasteiger charge is -2.16. The molecule has 2 aromatic rings. The Morgan fingerprint density at radius 2 is 1.80 bits per heavy atom. The molecule has 1 saturated heterocycles. The van der Waals surface area contributed by atoms with Crippen LogP contribution in [0.15, 0.2) is 30.3 Å². The van der Waals surface area contributed by atoms with Crippen LogP contribution in [0, 0.1) is 18.3 Å². The van der Waals surface area contributed by atoms with E-state index in [0.717, 1.165) is 24.3 Å². The van der Waals surface area contributed by atoms with Crippen molar-refractivity contribution in [3.05, 3.63) is 41.6 Å². The summed E-state index contributed by atoms with van der Waals surface area (Å²) in [5.41, 5.74) is 3.48. The van der Waals surface area contributed by atoms with E-state index < -0.39 is 0 Å². The van der Waals surface area contributed by atoms with E-state index in [1.54, 1.807) is 6.07 Å². The molecule has 4 heteroatoms. The highest BCUT2D eigenvalue weighted by Gasteiger charge is 2.17. The van der Waals surface area contributed by atoms with E-state index >= 15 is 0 Å². The van der Waals surface area contributed by atoms with Crippen LogP contribution in [0.2, 0.25) is 0 Å². The second-order valence-electron chi connectivity index (χ2n) is 5.11. The Kier molecular flexibility index (Phi) is 3.34. The molecule has 0 N–H and O–H groups in total. The Hall–Kier alpha value is -2.41. The summed E-state index contributed by atoms with van der Waals surface area (Å²) >= 11 is 0. The molecule has 4 nitrogen and oxygen atoms in total. The largest absolute Gasteiger partial charge is 0.341 e. The number of anilines is 1. The number of hydrogen-bond acceptors (Lipinski definition) is 4. The van der Waals surface area contributed by atoms with E-state index in [1.807, 2.05) is 12.1 Å². The highest BCUT2D eigenvalue weighted by molar-refractivity contribution is 5.62. The third-order valence-corrected chi connectivity index (χ3v) is 3.57. The highest BCUT2D eigenvalue weighted by Crippen LogP contribution is 2.23. The second-order valence-corrected chi connectivity index (χ2v) is 5.11. The molecule has 0 aliphatic carbocycles. The van der Waals surface area contributed by atoms with E-state index in [-0.39, 0.29) is 0 Å². The molecule has 0 spiro atoms. The number of nitrogens with zero attached hydrogens (tertiary/aromatic N) is 4. The van der Waals surface area contributed by atoms with Crippen LogP contribution in [0.3, 0.4) is 0 Å². The maximum atomic E-state index is 9.16. The molecular weight excluding hydrogens is 248 g/mol. The SMILES string of the molecule is Cc1ccc(-c2cc(C#N)nc(N3CCCC3)n2)cc1. The molecule has 1 aliphatic rings. The maximum absolute atomic E-state index is 9.16. The summed E-state index contributed by atoms with van der Waals surface area (Å²) in [6, 6.07) is 12.1. The lowest BCUT2D eigenvalue weighted by atomic mass is 10.1. The first kappa shape index (κ1) is 12.6. The standard InChI is InChI=1S/C16H16N4/c1-12-4-6-13(7-5-12)15-10-14(11-17)18-16(19-15)20-8-2-3-9-20/h4-7,10H,2-3,8-9H2,1H3. The van der Waals surface area contributed by atoms with Crippen LogP contribution < -0.4 is 4.90 Å². The van der Waals surface area contributed by atoms with Crippen LogP contribution in [0.4, 0.5) is 5.95 Å². The van der Waals surface area contributed by atoms with Crippen LogP contribution >= 0.6 is 0 Å². The Morgan fingerprint density at radius 1 is 1.10 bits per heavy atom. The van der Waals surface area contributed by atoms with E-state index in [9.17, 15) is 0 Å². The van der Waals surface area contributed by atoms with Gasteiger partial charge in [0.05, 0.1) is 5.69 Å². The van der Waals surface area contributed by atoms with Gasteiger partial charge < -0.3 is 4.90 Å². The van der Waals surface area contributed by atoms with E-state index in [4.69, 9.17) is 5.26 Å². The average Bonchev–Trinajstić information content (AvgIpc) is 3.02. The molecule has 1 aromatic heterocycles. The summed E-state index contributed by atoms with van der Waals surface area (Å²) in [5.74, 6) is 0.678. The van der Waals surface area contributed by atoms with Gasteiger partial charge in [0.2, 0.25) is 5.95 Å². The van der Waals surface area contributed by atoms with Crippen molar-refractivity contribution in [1.29, 1.82) is 5.26 Å². The summed E-state index contributed by atoms with van der Waals surface area (Å²) in [6.07, 6.45) is 2.33. The quantitative estimate of drug-likeness (QED) is 0.837. The van der Waals surface area contributed by atoms with Gasteiger partial charge in [-0.1, -0.05) is 29.8 Å². The Bertz CT molecular complexity index is 649. The molecule has 0 amide bonds. The van der Waals surface area contributed by atoms with Gasteiger partial charge >= 0.3 is 0 Å². The van der Waals surface area contributed by atoms with Gasteiger partial charge in [0.1, 0.15) is 11.8 Å². The first-order valence-electron chi connectivity index (χ1n) is 6.87. The van der Waals surface area contributed by atoms with Crippen LogP contribution in [0.1, 0.15) is 24.1 Å². The van der Waals surface area contributed by atoms with Crippen molar-refractivity contribution in [2.75, 3.05) is 18.0 Å². The first-order valence-corrected chi connectivity index (χ1v) is 6.87. The van der Waals surface area contributed by atoms with Crippen LogP contribution in [-0.2, 0) is 0 Å². The van der Waals surface area contributed by atoms with Gasteiger partial charge in [0.15, 0.2) is 0 Å². The van der Waals surface area contributed by atoms with Crippen molar-refractivity contribution >= 4 is 5.95 Å². The number of benzene rings is 1. The summed E-state index contributed by atoms with van der Waals surface area (Å²) in [6.45, 7) is 4.00. The Balaban J connectivity index is 2.04. The fourth-order valence-corrected chi connectivity index (χ4v) is 2.42. The number of nitriles is 1. The van der Waals surface area contributed by atoms with Crippen LogP contribution in [-0.4, -0.2) is 23.1 Å². The summed E-state index contributed by atoms with van der Waals surface area (Å²) in [7, 11) is 0.